The first-order valence-corrected chi connectivity index (χ1v) is 7.41. The van der Waals surface area contributed by atoms with E-state index in [0.717, 1.165) is 28.0 Å². The summed E-state index contributed by atoms with van der Waals surface area (Å²) in [5.74, 6) is 0.835. The van der Waals surface area contributed by atoms with Crippen molar-refractivity contribution >= 4 is 49.6 Å². The molecule has 0 aliphatic heterocycles. The van der Waals surface area contributed by atoms with E-state index in [1.54, 1.807) is 6.92 Å². The first kappa shape index (κ1) is 13.1. The lowest BCUT2D eigenvalue weighted by Gasteiger charge is -1.94. The molecule has 0 aliphatic rings. The van der Waals surface area contributed by atoms with Crippen molar-refractivity contribution in [2.75, 3.05) is 11.5 Å². The Kier molecular flexibility index (Phi) is 4.38. The van der Waals surface area contributed by atoms with Gasteiger partial charge in [-0.3, -0.25) is 4.79 Å². The normalized spacial score (nSPS) is 11.4. The molecule has 0 bridgehead atoms. The summed E-state index contributed by atoms with van der Waals surface area (Å²) in [5.41, 5.74) is 7.75. The van der Waals surface area contributed by atoms with Crippen molar-refractivity contribution in [3.8, 4) is 0 Å². The second-order valence-corrected chi connectivity index (χ2v) is 6.14. The zero-order valence-electron chi connectivity index (χ0n) is 10.1. The van der Waals surface area contributed by atoms with Gasteiger partial charge in [-0.25, -0.2) is 4.98 Å². The van der Waals surface area contributed by atoms with Gasteiger partial charge in [0.1, 0.15) is 0 Å². The zero-order valence-corrected chi connectivity index (χ0v) is 11.7. The number of anilines is 1. The van der Waals surface area contributed by atoms with E-state index in [1.165, 1.54) is 23.1 Å². The number of nitrogens with zero attached hydrogens (tertiary/aromatic N) is 1. The molecule has 94 valence electrons. The first-order chi connectivity index (χ1) is 8.65. The van der Waals surface area contributed by atoms with Gasteiger partial charge < -0.3 is 5.73 Å². The monoisotopic (exact) mass is 278 g/mol. The molecule has 0 amide bonds. The molecule has 5 heteroatoms. The minimum Gasteiger partial charge on any atom is -0.375 e. The van der Waals surface area contributed by atoms with Crippen molar-refractivity contribution in [1.82, 2.24) is 4.98 Å². The maximum Gasteiger partial charge on any atom is 0.185 e. The van der Waals surface area contributed by atoms with Crippen molar-refractivity contribution in [2.24, 2.45) is 0 Å². The minimum atomic E-state index is 0.171. The molecule has 0 radical (unpaired) electrons. The number of carbonyl (C=O) groups excluding carboxylic acids is 1. The van der Waals surface area contributed by atoms with E-state index >= 15 is 0 Å². The SMILES string of the molecule is CC(=O)SCCC=Cc1ccc2nc(N)sc2c1. The Balaban J connectivity index is 1.98. The molecule has 2 rings (SSSR count). The third-order valence-electron chi connectivity index (χ3n) is 2.33. The van der Waals surface area contributed by atoms with Crippen molar-refractivity contribution in [1.29, 1.82) is 0 Å². The highest BCUT2D eigenvalue weighted by atomic mass is 32.2. The number of rotatable bonds is 4. The third kappa shape index (κ3) is 3.58. The Bertz CT molecular complexity index is 590. The van der Waals surface area contributed by atoms with Crippen molar-refractivity contribution in [3.63, 3.8) is 0 Å². The number of fused-ring (bicyclic) bond motifs is 1. The molecule has 18 heavy (non-hydrogen) atoms. The van der Waals surface area contributed by atoms with Gasteiger partial charge in [0.05, 0.1) is 10.2 Å². The van der Waals surface area contributed by atoms with Gasteiger partial charge in [0.15, 0.2) is 10.2 Å². The topological polar surface area (TPSA) is 56.0 Å². The number of nitrogen functional groups attached to an aromatic ring is 1. The number of aromatic nitrogens is 1. The molecular formula is C13H14N2OS2. The summed E-state index contributed by atoms with van der Waals surface area (Å²) < 4.78 is 1.10. The fourth-order valence-electron chi connectivity index (χ4n) is 1.55. The molecule has 0 saturated carbocycles. The van der Waals surface area contributed by atoms with E-state index in [0.29, 0.717) is 5.13 Å². The maximum atomic E-state index is 10.7. The van der Waals surface area contributed by atoms with Gasteiger partial charge in [-0.05, 0) is 24.1 Å². The highest BCUT2D eigenvalue weighted by Crippen LogP contribution is 2.25. The lowest BCUT2D eigenvalue weighted by atomic mass is 10.2. The second kappa shape index (κ2) is 6.02. The third-order valence-corrected chi connectivity index (χ3v) is 4.02. The number of hydrogen-bond donors (Lipinski definition) is 1. The average Bonchev–Trinajstić information content (AvgIpc) is 2.67. The Morgan fingerprint density at radius 3 is 3.17 bits per heavy atom. The number of carbonyl (C=O) groups is 1. The van der Waals surface area contributed by atoms with Crippen LogP contribution in [0.4, 0.5) is 5.13 Å². The number of hydrogen-bond acceptors (Lipinski definition) is 5. The molecular weight excluding hydrogens is 264 g/mol. The molecule has 0 atom stereocenters. The number of allylic oxidation sites excluding steroid dienone is 1. The van der Waals surface area contributed by atoms with Crippen LogP contribution >= 0.6 is 23.1 Å². The molecule has 1 heterocycles. The highest BCUT2D eigenvalue weighted by Gasteiger charge is 2.00. The van der Waals surface area contributed by atoms with Crippen LogP contribution in [0.1, 0.15) is 18.9 Å². The summed E-state index contributed by atoms with van der Waals surface area (Å²) >= 11 is 2.86. The fourth-order valence-corrected chi connectivity index (χ4v) is 2.88. The Hall–Kier alpha value is -1.33. The number of thioether (sulfide) groups is 1. The molecule has 1 aromatic carbocycles. The molecule has 0 saturated heterocycles. The molecule has 2 aromatic rings. The van der Waals surface area contributed by atoms with Crippen LogP contribution in [0.2, 0.25) is 0 Å². The van der Waals surface area contributed by atoms with Gasteiger partial charge in [-0.2, -0.15) is 0 Å². The van der Waals surface area contributed by atoms with Crippen LogP contribution < -0.4 is 5.73 Å². The van der Waals surface area contributed by atoms with Crippen LogP contribution in [-0.4, -0.2) is 15.9 Å². The minimum absolute atomic E-state index is 0.171. The predicted molar refractivity (Wildman–Crippen MR) is 80.8 cm³/mol. The molecule has 2 N–H and O–H groups in total. The maximum absolute atomic E-state index is 10.7. The van der Waals surface area contributed by atoms with Gasteiger partial charge in [-0.15, -0.1) is 0 Å². The Labute approximate surface area is 114 Å². The Morgan fingerprint density at radius 2 is 2.39 bits per heavy atom. The van der Waals surface area contributed by atoms with Crippen LogP contribution in [0.15, 0.2) is 24.3 Å². The van der Waals surface area contributed by atoms with Crippen LogP contribution in [0.25, 0.3) is 16.3 Å². The van der Waals surface area contributed by atoms with Gasteiger partial charge in [0, 0.05) is 12.7 Å². The van der Waals surface area contributed by atoms with Crippen LogP contribution in [0.3, 0.4) is 0 Å². The fraction of sp³-hybridized carbons (Fsp3) is 0.231. The number of thiazole rings is 1. The molecule has 0 fully saturated rings. The largest absolute Gasteiger partial charge is 0.375 e. The van der Waals surface area contributed by atoms with Gasteiger partial charge >= 0.3 is 0 Å². The van der Waals surface area contributed by atoms with Gasteiger partial charge in [0.2, 0.25) is 0 Å². The summed E-state index contributed by atoms with van der Waals surface area (Å²) in [6.07, 6.45) is 5.05. The van der Waals surface area contributed by atoms with E-state index in [1.807, 2.05) is 12.1 Å². The molecule has 0 aliphatic carbocycles. The van der Waals surface area contributed by atoms with Gasteiger partial charge in [0.25, 0.3) is 0 Å². The van der Waals surface area contributed by atoms with Crippen LogP contribution in [0, 0.1) is 0 Å². The number of benzene rings is 1. The predicted octanol–water partition coefficient (Wildman–Crippen LogP) is 3.56. The standard InChI is InChI=1S/C13H14N2OS2/c1-9(16)17-7-3-2-4-10-5-6-11-12(8-10)18-13(14)15-11/h2,4-6,8H,3,7H2,1H3,(H2,14,15). The van der Waals surface area contributed by atoms with Crippen LogP contribution in [-0.2, 0) is 4.79 Å². The molecule has 0 spiro atoms. The van der Waals surface area contributed by atoms with E-state index in [4.69, 9.17) is 5.73 Å². The second-order valence-electron chi connectivity index (χ2n) is 3.81. The summed E-state index contributed by atoms with van der Waals surface area (Å²) in [7, 11) is 0. The summed E-state index contributed by atoms with van der Waals surface area (Å²) in [6.45, 7) is 1.59. The van der Waals surface area contributed by atoms with E-state index in [2.05, 4.69) is 23.2 Å². The lowest BCUT2D eigenvalue weighted by Crippen LogP contribution is -1.83. The average molecular weight is 278 g/mol. The highest BCUT2D eigenvalue weighted by molar-refractivity contribution is 8.13. The Morgan fingerprint density at radius 1 is 1.56 bits per heavy atom. The van der Waals surface area contributed by atoms with E-state index < -0.39 is 0 Å². The zero-order chi connectivity index (χ0) is 13.0. The van der Waals surface area contributed by atoms with E-state index in [9.17, 15) is 4.79 Å². The van der Waals surface area contributed by atoms with E-state index in [-0.39, 0.29) is 5.12 Å². The molecule has 3 nitrogen and oxygen atoms in total. The first-order valence-electron chi connectivity index (χ1n) is 5.61. The summed E-state index contributed by atoms with van der Waals surface area (Å²) in [4.78, 5) is 15.0. The molecule has 1 aromatic heterocycles. The summed E-state index contributed by atoms with van der Waals surface area (Å²) in [6, 6.07) is 6.08. The lowest BCUT2D eigenvalue weighted by molar-refractivity contribution is -0.109. The summed E-state index contributed by atoms with van der Waals surface area (Å²) in [5, 5.41) is 0.772. The van der Waals surface area contributed by atoms with Crippen molar-refractivity contribution in [2.45, 2.75) is 13.3 Å². The molecule has 0 unspecified atom stereocenters. The van der Waals surface area contributed by atoms with Crippen molar-refractivity contribution < 1.29 is 4.79 Å². The van der Waals surface area contributed by atoms with Crippen molar-refractivity contribution in [3.05, 3.63) is 29.8 Å². The smallest absolute Gasteiger partial charge is 0.185 e. The van der Waals surface area contributed by atoms with Gasteiger partial charge in [-0.1, -0.05) is 41.3 Å². The quantitative estimate of drug-likeness (QED) is 0.869. The number of nitrogens with two attached hydrogens (primary N) is 1. The van der Waals surface area contributed by atoms with Crippen LogP contribution in [0.5, 0.6) is 0 Å².